The number of methoxy groups -OCH3 is 1. The summed E-state index contributed by atoms with van der Waals surface area (Å²) < 4.78 is 10.9. The molecule has 1 aliphatic rings. The van der Waals surface area contributed by atoms with E-state index in [0.29, 0.717) is 13.2 Å². The second kappa shape index (κ2) is 7.92. The fourth-order valence-electron chi connectivity index (χ4n) is 2.56. The van der Waals surface area contributed by atoms with Crippen LogP contribution in [-0.2, 0) is 14.3 Å². The minimum atomic E-state index is -0.635. The molecule has 0 bridgehead atoms. The number of hydrogen-bond donors (Lipinski definition) is 1. The van der Waals surface area contributed by atoms with Crippen LogP contribution in [-0.4, -0.2) is 49.3 Å². The molecule has 0 aliphatic carbocycles. The Hall–Kier alpha value is -1.14. The molecule has 1 aromatic rings. The van der Waals surface area contributed by atoms with E-state index in [9.17, 15) is 4.79 Å². The van der Waals surface area contributed by atoms with Crippen molar-refractivity contribution in [1.29, 1.82) is 0 Å². The highest BCUT2D eigenvalue weighted by Gasteiger charge is 2.40. The molecular formula is C16H25ClN2O3. The van der Waals surface area contributed by atoms with Gasteiger partial charge in [-0.1, -0.05) is 30.3 Å². The Morgan fingerprint density at radius 3 is 2.68 bits per heavy atom. The molecule has 0 spiro atoms. The number of amides is 1. The summed E-state index contributed by atoms with van der Waals surface area (Å²) in [5, 5.41) is 0. The van der Waals surface area contributed by atoms with E-state index < -0.39 is 6.04 Å². The van der Waals surface area contributed by atoms with Crippen LogP contribution in [0.1, 0.15) is 25.5 Å². The smallest absolute Gasteiger partial charge is 0.242 e. The number of nitrogens with zero attached hydrogens (tertiary/aromatic N) is 1. The van der Waals surface area contributed by atoms with Crippen LogP contribution in [0.4, 0.5) is 0 Å². The van der Waals surface area contributed by atoms with E-state index in [1.165, 1.54) is 0 Å². The number of halogens is 1. The van der Waals surface area contributed by atoms with Crippen LogP contribution in [0.2, 0.25) is 0 Å². The van der Waals surface area contributed by atoms with Gasteiger partial charge in [-0.05, 0) is 19.4 Å². The molecule has 1 saturated heterocycles. The summed E-state index contributed by atoms with van der Waals surface area (Å²) in [6, 6.07) is 9.31. The molecule has 124 valence electrons. The van der Waals surface area contributed by atoms with Crippen molar-refractivity contribution in [3.05, 3.63) is 35.9 Å². The van der Waals surface area contributed by atoms with Gasteiger partial charge in [0.05, 0.1) is 25.3 Å². The van der Waals surface area contributed by atoms with Gasteiger partial charge in [0.25, 0.3) is 0 Å². The summed E-state index contributed by atoms with van der Waals surface area (Å²) in [7, 11) is 1.55. The first-order valence-electron chi connectivity index (χ1n) is 7.18. The molecule has 1 aromatic carbocycles. The summed E-state index contributed by atoms with van der Waals surface area (Å²) in [6.07, 6.45) is -0.113. The molecule has 5 nitrogen and oxygen atoms in total. The predicted octanol–water partition coefficient (Wildman–Crippen LogP) is 1.76. The molecule has 6 heteroatoms. The highest BCUT2D eigenvalue weighted by Crippen LogP contribution is 2.30. The van der Waals surface area contributed by atoms with E-state index in [0.717, 1.165) is 5.56 Å². The van der Waals surface area contributed by atoms with Crippen LogP contribution in [0.15, 0.2) is 30.3 Å². The van der Waals surface area contributed by atoms with Crippen molar-refractivity contribution >= 4 is 18.3 Å². The lowest BCUT2D eigenvalue weighted by Gasteiger charge is -2.46. The standard InChI is InChI=1S/C16H24N2O3.ClH/c1-16(2)11-21-14(12-7-5-4-6-8-12)9-18(16)15(19)13(17)10-20-3;/h4-8,13-14H,9-11,17H2,1-3H3;1H. The van der Waals surface area contributed by atoms with E-state index in [1.807, 2.05) is 49.1 Å². The number of nitrogens with two attached hydrogens (primary N) is 1. The first-order chi connectivity index (χ1) is 9.95. The molecule has 1 fully saturated rings. The van der Waals surface area contributed by atoms with Crippen molar-refractivity contribution in [2.45, 2.75) is 31.5 Å². The van der Waals surface area contributed by atoms with Gasteiger partial charge < -0.3 is 20.1 Å². The monoisotopic (exact) mass is 328 g/mol. The molecule has 0 saturated carbocycles. The fourth-order valence-corrected chi connectivity index (χ4v) is 2.56. The zero-order valence-corrected chi connectivity index (χ0v) is 14.1. The van der Waals surface area contributed by atoms with Crippen molar-refractivity contribution in [3.63, 3.8) is 0 Å². The number of carbonyl (C=O) groups excluding carboxylic acids is 1. The molecule has 1 amide bonds. The Bertz CT molecular complexity index is 482. The third-order valence-corrected chi connectivity index (χ3v) is 3.82. The maximum atomic E-state index is 12.5. The second-order valence-corrected chi connectivity index (χ2v) is 6.03. The third kappa shape index (κ3) is 4.20. The first-order valence-corrected chi connectivity index (χ1v) is 7.18. The summed E-state index contributed by atoms with van der Waals surface area (Å²) in [6.45, 7) is 5.20. The van der Waals surface area contributed by atoms with Crippen molar-refractivity contribution < 1.29 is 14.3 Å². The second-order valence-electron chi connectivity index (χ2n) is 6.03. The number of hydrogen-bond acceptors (Lipinski definition) is 4. The minimum absolute atomic E-state index is 0. The predicted molar refractivity (Wildman–Crippen MR) is 88.0 cm³/mol. The van der Waals surface area contributed by atoms with E-state index in [2.05, 4.69) is 0 Å². The fraction of sp³-hybridized carbons (Fsp3) is 0.562. The average Bonchev–Trinajstić information content (AvgIpc) is 2.47. The topological polar surface area (TPSA) is 64.8 Å². The Balaban J connectivity index is 0.00000242. The van der Waals surface area contributed by atoms with Gasteiger partial charge in [0.15, 0.2) is 0 Å². The van der Waals surface area contributed by atoms with Gasteiger partial charge in [0, 0.05) is 7.11 Å². The summed E-state index contributed by atoms with van der Waals surface area (Å²) >= 11 is 0. The van der Waals surface area contributed by atoms with Gasteiger partial charge in [-0.15, -0.1) is 12.4 Å². The lowest BCUT2D eigenvalue weighted by atomic mass is 9.97. The molecule has 2 atom stereocenters. The highest BCUT2D eigenvalue weighted by molar-refractivity contribution is 5.85. The van der Waals surface area contributed by atoms with Gasteiger partial charge in [0.2, 0.25) is 5.91 Å². The SMILES string of the molecule is COCC(N)C(=O)N1CC(c2ccccc2)OCC1(C)C.Cl. The summed E-state index contributed by atoms with van der Waals surface area (Å²) in [5.74, 6) is -0.0916. The quantitative estimate of drug-likeness (QED) is 0.914. The van der Waals surface area contributed by atoms with Gasteiger partial charge in [0.1, 0.15) is 12.1 Å². The minimum Gasteiger partial charge on any atom is -0.383 e. The Morgan fingerprint density at radius 1 is 1.45 bits per heavy atom. The van der Waals surface area contributed by atoms with E-state index in [-0.39, 0.29) is 36.6 Å². The molecule has 1 aliphatic heterocycles. The number of benzene rings is 1. The van der Waals surface area contributed by atoms with Crippen molar-refractivity contribution in [3.8, 4) is 0 Å². The zero-order chi connectivity index (χ0) is 15.5. The number of carbonyl (C=O) groups is 1. The number of rotatable bonds is 4. The third-order valence-electron chi connectivity index (χ3n) is 3.82. The Labute approximate surface area is 138 Å². The van der Waals surface area contributed by atoms with Gasteiger partial charge in [-0.3, -0.25) is 4.79 Å². The van der Waals surface area contributed by atoms with Crippen molar-refractivity contribution in [1.82, 2.24) is 4.90 Å². The van der Waals surface area contributed by atoms with Crippen molar-refractivity contribution in [2.75, 3.05) is 26.9 Å². The van der Waals surface area contributed by atoms with Crippen molar-refractivity contribution in [2.24, 2.45) is 5.73 Å². The van der Waals surface area contributed by atoms with Crippen LogP contribution >= 0.6 is 12.4 Å². The Kier molecular flexibility index (Phi) is 6.81. The van der Waals surface area contributed by atoms with Crippen LogP contribution in [0.3, 0.4) is 0 Å². The van der Waals surface area contributed by atoms with Crippen LogP contribution in [0, 0.1) is 0 Å². The molecular weight excluding hydrogens is 304 g/mol. The lowest BCUT2D eigenvalue weighted by Crippen LogP contribution is -2.60. The number of ether oxygens (including phenoxy) is 2. The van der Waals surface area contributed by atoms with Crippen LogP contribution < -0.4 is 5.73 Å². The van der Waals surface area contributed by atoms with Gasteiger partial charge >= 0.3 is 0 Å². The van der Waals surface area contributed by atoms with Crippen LogP contribution in [0.5, 0.6) is 0 Å². The summed E-state index contributed by atoms with van der Waals surface area (Å²) in [4.78, 5) is 14.4. The molecule has 1 heterocycles. The van der Waals surface area contributed by atoms with E-state index in [1.54, 1.807) is 7.11 Å². The van der Waals surface area contributed by atoms with E-state index >= 15 is 0 Å². The molecule has 0 radical (unpaired) electrons. The molecule has 2 N–H and O–H groups in total. The molecule has 2 unspecified atom stereocenters. The lowest BCUT2D eigenvalue weighted by molar-refractivity contribution is -0.157. The largest absolute Gasteiger partial charge is 0.383 e. The maximum Gasteiger partial charge on any atom is 0.242 e. The van der Waals surface area contributed by atoms with Crippen LogP contribution in [0.25, 0.3) is 0 Å². The molecule has 0 aromatic heterocycles. The Morgan fingerprint density at radius 2 is 2.09 bits per heavy atom. The number of morpholine rings is 1. The average molecular weight is 329 g/mol. The molecule has 22 heavy (non-hydrogen) atoms. The highest BCUT2D eigenvalue weighted by atomic mass is 35.5. The first kappa shape index (κ1) is 18.9. The maximum absolute atomic E-state index is 12.5. The van der Waals surface area contributed by atoms with Gasteiger partial charge in [-0.25, -0.2) is 0 Å². The van der Waals surface area contributed by atoms with Gasteiger partial charge in [-0.2, -0.15) is 0 Å². The zero-order valence-electron chi connectivity index (χ0n) is 13.3. The normalized spacial score (nSPS) is 21.8. The summed E-state index contributed by atoms with van der Waals surface area (Å²) in [5.41, 5.74) is 6.61. The molecule has 2 rings (SSSR count). The van der Waals surface area contributed by atoms with E-state index in [4.69, 9.17) is 15.2 Å².